The highest BCUT2D eigenvalue weighted by Gasteiger charge is 2.21. The van der Waals surface area contributed by atoms with Gasteiger partial charge in [0.05, 0.1) is 18.6 Å². The van der Waals surface area contributed by atoms with Gasteiger partial charge in [0.2, 0.25) is 5.91 Å². The smallest absolute Gasteiger partial charge is 0.251 e. The number of hydroxylamine groups is 1. The first kappa shape index (κ1) is 22.3. The van der Waals surface area contributed by atoms with Crippen LogP contribution in [0.5, 0.6) is 0 Å². The Hall–Kier alpha value is -2.70. The van der Waals surface area contributed by atoms with Crippen molar-refractivity contribution in [3.05, 3.63) is 59.7 Å². The Morgan fingerprint density at radius 2 is 1.52 bits per heavy atom. The van der Waals surface area contributed by atoms with Crippen molar-refractivity contribution < 1.29 is 19.9 Å². The first-order valence-electron chi connectivity index (χ1n) is 8.55. The Labute approximate surface area is 160 Å². The average molecular weight is 372 g/mol. The molecule has 0 bridgehead atoms. The highest BCUT2D eigenvalue weighted by Crippen LogP contribution is 2.20. The minimum absolute atomic E-state index is 0. The molecule has 6 nitrogen and oxygen atoms in total. The number of carbonyl (C=O) groups excluding carboxylic acids is 2. The Balaban J connectivity index is 0.00000364. The molecule has 0 aliphatic carbocycles. The monoisotopic (exact) mass is 372 g/mol. The molecule has 0 saturated carbocycles. The second-order valence-corrected chi connectivity index (χ2v) is 6.19. The number of aryl methyl sites for hydroxylation is 1. The Morgan fingerprint density at radius 3 is 1.96 bits per heavy atom. The minimum Gasteiger partial charge on any atom is -0.391 e. The fourth-order valence-electron chi connectivity index (χ4n) is 2.59. The van der Waals surface area contributed by atoms with E-state index in [1.807, 2.05) is 24.3 Å². The zero-order valence-corrected chi connectivity index (χ0v) is 14.9. The summed E-state index contributed by atoms with van der Waals surface area (Å²) in [5, 5.41) is 20.9. The zero-order valence-electron chi connectivity index (χ0n) is 14.9. The molecule has 27 heavy (non-hydrogen) atoms. The quantitative estimate of drug-likeness (QED) is 0.444. The molecule has 6 heteroatoms. The molecule has 2 aromatic rings. The van der Waals surface area contributed by atoms with Gasteiger partial charge in [0.15, 0.2) is 0 Å². The van der Waals surface area contributed by atoms with Gasteiger partial charge >= 0.3 is 0 Å². The number of nitrogens with one attached hydrogen (secondary N) is 2. The summed E-state index contributed by atoms with van der Waals surface area (Å²) in [6.45, 7) is 3.58. The molecule has 2 rings (SSSR count). The fourth-order valence-corrected chi connectivity index (χ4v) is 2.59. The van der Waals surface area contributed by atoms with Crippen LogP contribution in [0.15, 0.2) is 48.5 Å². The summed E-state index contributed by atoms with van der Waals surface area (Å²) in [7, 11) is 0. The number of amides is 2. The summed E-state index contributed by atoms with van der Waals surface area (Å²) in [5.74, 6) is -1.07. The number of benzene rings is 2. The second kappa shape index (κ2) is 10.4. The lowest BCUT2D eigenvalue weighted by Crippen LogP contribution is -2.45. The van der Waals surface area contributed by atoms with Crippen LogP contribution in [0, 0.1) is 0 Å². The van der Waals surface area contributed by atoms with Gasteiger partial charge in [-0.15, -0.1) is 0 Å². The molecule has 0 spiro atoms. The lowest BCUT2D eigenvalue weighted by Gasteiger charge is -2.20. The van der Waals surface area contributed by atoms with Crippen LogP contribution in [0.2, 0.25) is 0 Å². The van der Waals surface area contributed by atoms with Crippen LogP contribution < -0.4 is 10.8 Å². The molecule has 2 aromatic carbocycles. The Kier molecular flexibility index (Phi) is 8.65. The fraction of sp³-hybridized carbons (Fsp3) is 0.333. The van der Waals surface area contributed by atoms with Gasteiger partial charge in [-0.2, -0.15) is 0 Å². The van der Waals surface area contributed by atoms with E-state index in [1.54, 1.807) is 12.1 Å². The maximum Gasteiger partial charge on any atom is 0.251 e. The number of hydrogen-bond donors (Lipinski definition) is 4. The number of aliphatic hydroxyl groups excluding tert-OH is 1. The molecule has 0 aliphatic rings. The standard InChI is InChI=1S/C20H24N2O4.CH4/c1-3-14-4-6-15(7-5-14)16-8-10-17(11-9-16)20(25)21-18(13(2)23)12-19(24)22-26;/h4-11,13,18,23,26H,3,12H2,1-2H3,(H,21,25)(H,22,24);1H4/t13-,18-;/m1./s1. The molecule has 2 atom stereocenters. The van der Waals surface area contributed by atoms with Crippen LogP contribution in [0.3, 0.4) is 0 Å². The molecule has 4 N–H and O–H groups in total. The van der Waals surface area contributed by atoms with Gasteiger partial charge in [-0.25, -0.2) is 5.48 Å². The Bertz CT molecular complexity index is 740. The van der Waals surface area contributed by atoms with E-state index in [2.05, 4.69) is 24.4 Å². The van der Waals surface area contributed by atoms with Crippen molar-refractivity contribution in [1.82, 2.24) is 10.8 Å². The van der Waals surface area contributed by atoms with Crippen molar-refractivity contribution in [1.29, 1.82) is 0 Å². The molecule has 146 valence electrons. The van der Waals surface area contributed by atoms with E-state index in [1.165, 1.54) is 18.0 Å². The summed E-state index contributed by atoms with van der Waals surface area (Å²) in [4.78, 5) is 23.6. The van der Waals surface area contributed by atoms with Crippen molar-refractivity contribution in [3.8, 4) is 11.1 Å². The average Bonchev–Trinajstić information content (AvgIpc) is 2.67. The molecule has 0 saturated heterocycles. The molecule has 0 radical (unpaired) electrons. The summed E-state index contributed by atoms with van der Waals surface area (Å²) in [6.07, 6.45) is -0.174. The first-order valence-corrected chi connectivity index (χ1v) is 8.55. The van der Waals surface area contributed by atoms with Crippen molar-refractivity contribution in [2.75, 3.05) is 0 Å². The SMILES string of the molecule is C.CCc1ccc(-c2ccc(C(=O)N[C@H](CC(=O)NO)[C@@H](C)O)cc2)cc1. The number of hydrogen-bond acceptors (Lipinski definition) is 4. The van der Waals surface area contributed by atoms with E-state index in [9.17, 15) is 14.7 Å². The van der Waals surface area contributed by atoms with Gasteiger partial charge < -0.3 is 10.4 Å². The van der Waals surface area contributed by atoms with Gasteiger partial charge in [-0.3, -0.25) is 14.8 Å². The normalized spacial score (nSPS) is 12.4. The number of aliphatic hydroxyl groups is 1. The molecule has 0 aromatic heterocycles. The lowest BCUT2D eigenvalue weighted by molar-refractivity contribution is -0.130. The highest BCUT2D eigenvalue weighted by molar-refractivity contribution is 5.95. The van der Waals surface area contributed by atoms with E-state index in [0.717, 1.165) is 17.5 Å². The van der Waals surface area contributed by atoms with Crippen molar-refractivity contribution in [2.24, 2.45) is 0 Å². The predicted molar refractivity (Wildman–Crippen MR) is 105 cm³/mol. The molecule has 0 aliphatic heterocycles. The molecular formula is C21H28N2O4. The third kappa shape index (κ3) is 6.20. The van der Waals surface area contributed by atoms with Crippen molar-refractivity contribution >= 4 is 11.8 Å². The van der Waals surface area contributed by atoms with Crippen LogP contribution in [0.1, 0.15) is 43.6 Å². The van der Waals surface area contributed by atoms with E-state index in [4.69, 9.17) is 5.21 Å². The third-order valence-electron chi connectivity index (χ3n) is 4.27. The summed E-state index contributed by atoms with van der Waals surface area (Å²) < 4.78 is 0. The lowest BCUT2D eigenvalue weighted by atomic mass is 10.0. The predicted octanol–water partition coefficient (Wildman–Crippen LogP) is 2.93. The molecular weight excluding hydrogens is 344 g/mol. The Morgan fingerprint density at radius 1 is 1.00 bits per heavy atom. The van der Waals surface area contributed by atoms with Gasteiger partial charge in [0.25, 0.3) is 5.91 Å². The number of rotatable bonds is 7. The van der Waals surface area contributed by atoms with Gasteiger partial charge in [-0.1, -0.05) is 50.7 Å². The summed E-state index contributed by atoms with van der Waals surface area (Å²) in [6, 6.07) is 14.6. The van der Waals surface area contributed by atoms with E-state index >= 15 is 0 Å². The van der Waals surface area contributed by atoms with Gasteiger partial charge in [-0.05, 0) is 42.2 Å². The van der Waals surface area contributed by atoms with Crippen LogP contribution in [-0.4, -0.2) is 34.3 Å². The van der Waals surface area contributed by atoms with E-state index in [0.29, 0.717) is 5.56 Å². The maximum absolute atomic E-state index is 12.3. The topological polar surface area (TPSA) is 98.7 Å². The van der Waals surface area contributed by atoms with Crippen LogP contribution in [0.4, 0.5) is 0 Å². The third-order valence-corrected chi connectivity index (χ3v) is 4.27. The van der Waals surface area contributed by atoms with E-state index < -0.39 is 24.0 Å². The highest BCUT2D eigenvalue weighted by atomic mass is 16.5. The number of carbonyl (C=O) groups is 2. The van der Waals surface area contributed by atoms with Crippen LogP contribution in [0.25, 0.3) is 11.1 Å². The summed E-state index contributed by atoms with van der Waals surface area (Å²) >= 11 is 0. The molecule has 2 amide bonds. The maximum atomic E-state index is 12.3. The second-order valence-electron chi connectivity index (χ2n) is 6.19. The largest absolute Gasteiger partial charge is 0.391 e. The van der Waals surface area contributed by atoms with E-state index in [-0.39, 0.29) is 13.8 Å². The molecule has 0 fully saturated rings. The molecule has 0 unspecified atom stereocenters. The van der Waals surface area contributed by atoms with Crippen LogP contribution >= 0.6 is 0 Å². The van der Waals surface area contributed by atoms with Gasteiger partial charge in [0, 0.05) is 5.56 Å². The van der Waals surface area contributed by atoms with Gasteiger partial charge in [0.1, 0.15) is 0 Å². The van der Waals surface area contributed by atoms with Crippen LogP contribution in [-0.2, 0) is 11.2 Å². The van der Waals surface area contributed by atoms with Crippen molar-refractivity contribution in [3.63, 3.8) is 0 Å². The first-order chi connectivity index (χ1) is 12.4. The zero-order chi connectivity index (χ0) is 19.1. The minimum atomic E-state index is -0.937. The molecule has 0 heterocycles. The summed E-state index contributed by atoms with van der Waals surface area (Å²) in [5.41, 5.74) is 5.25. The van der Waals surface area contributed by atoms with Crippen molar-refractivity contribution in [2.45, 2.75) is 46.3 Å².